The first-order chi connectivity index (χ1) is 6.19. The number of rotatable bonds is 4. The summed E-state index contributed by atoms with van der Waals surface area (Å²) in [5.74, 6) is 0.709. The molecule has 1 fully saturated rings. The Morgan fingerprint density at radius 3 is 2.54 bits per heavy atom. The number of hydrogen-bond donors (Lipinski definition) is 1. The molecule has 1 heterocycles. The molecule has 1 saturated heterocycles. The molecule has 0 aromatic heterocycles. The molecule has 0 bridgehead atoms. The lowest BCUT2D eigenvalue weighted by molar-refractivity contribution is 0.0207. The molecule has 4 unspecified atom stereocenters. The topological polar surface area (TPSA) is 21.3 Å². The van der Waals surface area contributed by atoms with Gasteiger partial charge in [0.2, 0.25) is 0 Å². The Morgan fingerprint density at radius 1 is 1.46 bits per heavy atom. The molecule has 1 aliphatic heterocycles. The van der Waals surface area contributed by atoms with Crippen LogP contribution in [0.15, 0.2) is 0 Å². The van der Waals surface area contributed by atoms with Crippen molar-refractivity contribution in [3.8, 4) is 0 Å². The van der Waals surface area contributed by atoms with E-state index in [1.807, 2.05) is 7.05 Å². The van der Waals surface area contributed by atoms with Gasteiger partial charge in [0.25, 0.3) is 0 Å². The Morgan fingerprint density at radius 2 is 2.15 bits per heavy atom. The van der Waals surface area contributed by atoms with E-state index in [0.29, 0.717) is 24.2 Å². The van der Waals surface area contributed by atoms with Crippen LogP contribution in [0, 0.1) is 5.92 Å². The van der Waals surface area contributed by atoms with Gasteiger partial charge in [-0.1, -0.05) is 20.3 Å². The molecule has 1 rings (SSSR count). The Kier molecular flexibility index (Phi) is 4.20. The summed E-state index contributed by atoms with van der Waals surface area (Å²) in [7, 11) is 2.04. The molecule has 1 aliphatic rings. The van der Waals surface area contributed by atoms with Gasteiger partial charge in [0, 0.05) is 6.04 Å². The highest BCUT2D eigenvalue weighted by molar-refractivity contribution is 4.84. The molecule has 0 aromatic carbocycles. The Labute approximate surface area is 82.0 Å². The Bertz CT molecular complexity index is 149. The first-order valence-electron chi connectivity index (χ1n) is 5.51. The molecule has 0 aromatic rings. The minimum Gasteiger partial charge on any atom is -0.374 e. The van der Waals surface area contributed by atoms with E-state index < -0.39 is 0 Å². The predicted molar refractivity (Wildman–Crippen MR) is 55.9 cm³/mol. The third kappa shape index (κ3) is 2.68. The highest BCUT2D eigenvalue weighted by Gasteiger charge is 2.31. The Hall–Kier alpha value is -0.0800. The van der Waals surface area contributed by atoms with Crippen LogP contribution in [0.4, 0.5) is 0 Å². The van der Waals surface area contributed by atoms with Crippen LogP contribution in [-0.4, -0.2) is 25.3 Å². The van der Waals surface area contributed by atoms with E-state index in [4.69, 9.17) is 4.74 Å². The molecule has 0 aliphatic carbocycles. The zero-order valence-electron chi connectivity index (χ0n) is 9.34. The molecule has 0 spiro atoms. The number of likely N-dealkylation sites (N-methyl/N-ethyl adjacent to an activating group) is 1. The summed E-state index contributed by atoms with van der Waals surface area (Å²) in [6.45, 7) is 6.71. The van der Waals surface area contributed by atoms with Crippen molar-refractivity contribution in [1.29, 1.82) is 0 Å². The zero-order valence-corrected chi connectivity index (χ0v) is 9.34. The maximum atomic E-state index is 5.87. The average Bonchev–Trinajstić information content (AvgIpc) is 2.53. The third-order valence-corrected chi connectivity index (χ3v) is 3.26. The summed E-state index contributed by atoms with van der Waals surface area (Å²) in [6.07, 6.45) is 4.57. The SMILES string of the molecule is CCC(C)C(NC)C1CCC(C)O1. The molecule has 0 radical (unpaired) electrons. The summed E-state index contributed by atoms with van der Waals surface area (Å²) in [6, 6.07) is 0.537. The maximum absolute atomic E-state index is 5.87. The normalized spacial score (nSPS) is 33.2. The minimum absolute atomic E-state index is 0.440. The van der Waals surface area contributed by atoms with Crippen LogP contribution in [0.1, 0.15) is 40.0 Å². The summed E-state index contributed by atoms with van der Waals surface area (Å²) >= 11 is 0. The van der Waals surface area contributed by atoms with E-state index in [1.165, 1.54) is 19.3 Å². The maximum Gasteiger partial charge on any atom is 0.0735 e. The van der Waals surface area contributed by atoms with Crippen molar-refractivity contribution in [3.05, 3.63) is 0 Å². The van der Waals surface area contributed by atoms with Crippen molar-refractivity contribution in [3.63, 3.8) is 0 Å². The second-order valence-corrected chi connectivity index (χ2v) is 4.26. The zero-order chi connectivity index (χ0) is 9.84. The smallest absolute Gasteiger partial charge is 0.0735 e. The van der Waals surface area contributed by atoms with E-state index in [0.717, 1.165) is 0 Å². The van der Waals surface area contributed by atoms with Gasteiger partial charge in [-0.25, -0.2) is 0 Å². The first-order valence-corrected chi connectivity index (χ1v) is 5.51. The van der Waals surface area contributed by atoms with Crippen LogP contribution < -0.4 is 5.32 Å². The second-order valence-electron chi connectivity index (χ2n) is 4.26. The average molecular weight is 185 g/mol. The van der Waals surface area contributed by atoms with Gasteiger partial charge in [0.1, 0.15) is 0 Å². The van der Waals surface area contributed by atoms with E-state index in [-0.39, 0.29) is 0 Å². The monoisotopic (exact) mass is 185 g/mol. The van der Waals surface area contributed by atoms with Crippen molar-refractivity contribution < 1.29 is 4.74 Å². The van der Waals surface area contributed by atoms with Gasteiger partial charge >= 0.3 is 0 Å². The standard InChI is InChI=1S/C11H23NO/c1-5-8(2)11(12-4)10-7-6-9(3)13-10/h8-12H,5-7H2,1-4H3. The fraction of sp³-hybridized carbons (Fsp3) is 1.00. The van der Waals surface area contributed by atoms with Crippen LogP contribution in [0.2, 0.25) is 0 Å². The van der Waals surface area contributed by atoms with Crippen LogP contribution in [0.3, 0.4) is 0 Å². The summed E-state index contributed by atoms with van der Waals surface area (Å²) in [5, 5.41) is 3.39. The molecule has 1 N–H and O–H groups in total. The molecular weight excluding hydrogens is 162 g/mol. The highest BCUT2D eigenvalue weighted by Crippen LogP contribution is 2.25. The third-order valence-electron chi connectivity index (χ3n) is 3.26. The molecule has 4 atom stereocenters. The number of ether oxygens (including phenoxy) is 1. The van der Waals surface area contributed by atoms with Gasteiger partial charge < -0.3 is 10.1 Å². The lowest BCUT2D eigenvalue weighted by Gasteiger charge is -2.28. The van der Waals surface area contributed by atoms with E-state index in [9.17, 15) is 0 Å². The van der Waals surface area contributed by atoms with Crippen molar-refractivity contribution in [1.82, 2.24) is 5.32 Å². The summed E-state index contributed by atoms with van der Waals surface area (Å²) < 4.78 is 5.87. The lowest BCUT2D eigenvalue weighted by atomic mass is 9.93. The predicted octanol–water partition coefficient (Wildman–Crippen LogP) is 2.19. The van der Waals surface area contributed by atoms with E-state index >= 15 is 0 Å². The fourth-order valence-electron chi connectivity index (χ4n) is 2.19. The molecule has 0 saturated carbocycles. The number of nitrogens with one attached hydrogen (secondary N) is 1. The van der Waals surface area contributed by atoms with Crippen LogP contribution >= 0.6 is 0 Å². The minimum atomic E-state index is 0.440. The molecule has 2 nitrogen and oxygen atoms in total. The Balaban J connectivity index is 2.46. The molecule has 0 amide bonds. The first kappa shape index (κ1) is 11.0. The molecule has 2 heteroatoms. The summed E-state index contributed by atoms with van der Waals surface area (Å²) in [5.41, 5.74) is 0. The van der Waals surface area contributed by atoms with E-state index in [2.05, 4.69) is 26.1 Å². The lowest BCUT2D eigenvalue weighted by Crippen LogP contribution is -2.42. The largest absolute Gasteiger partial charge is 0.374 e. The fourth-order valence-corrected chi connectivity index (χ4v) is 2.19. The van der Waals surface area contributed by atoms with Gasteiger partial charge in [-0.15, -0.1) is 0 Å². The molecular formula is C11H23NO. The van der Waals surface area contributed by atoms with Crippen molar-refractivity contribution in [2.75, 3.05) is 7.05 Å². The molecule has 13 heavy (non-hydrogen) atoms. The van der Waals surface area contributed by atoms with Gasteiger partial charge in [0.05, 0.1) is 12.2 Å². The van der Waals surface area contributed by atoms with Gasteiger partial charge in [0.15, 0.2) is 0 Å². The highest BCUT2D eigenvalue weighted by atomic mass is 16.5. The van der Waals surface area contributed by atoms with Crippen LogP contribution in [-0.2, 0) is 4.74 Å². The number of hydrogen-bond acceptors (Lipinski definition) is 2. The van der Waals surface area contributed by atoms with Crippen molar-refractivity contribution in [2.24, 2.45) is 5.92 Å². The van der Waals surface area contributed by atoms with E-state index in [1.54, 1.807) is 0 Å². The van der Waals surface area contributed by atoms with Gasteiger partial charge in [-0.3, -0.25) is 0 Å². The second kappa shape index (κ2) is 4.97. The molecule has 78 valence electrons. The van der Waals surface area contributed by atoms with Crippen molar-refractivity contribution in [2.45, 2.75) is 58.3 Å². The van der Waals surface area contributed by atoms with Gasteiger partial charge in [-0.05, 0) is 32.7 Å². The van der Waals surface area contributed by atoms with Crippen LogP contribution in [0.25, 0.3) is 0 Å². The van der Waals surface area contributed by atoms with Gasteiger partial charge in [-0.2, -0.15) is 0 Å². The quantitative estimate of drug-likeness (QED) is 0.725. The summed E-state index contributed by atoms with van der Waals surface area (Å²) in [4.78, 5) is 0. The van der Waals surface area contributed by atoms with Crippen molar-refractivity contribution >= 4 is 0 Å². The van der Waals surface area contributed by atoms with Crippen LogP contribution in [0.5, 0.6) is 0 Å².